The number of ketones is 1. The van der Waals surface area contributed by atoms with E-state index in [1.807, 2.05) is 0 Å². The van der Waals surface area contributed by atoms with E-state index in [1.165, 1.54) is 13.8 Å². The van der Waals surface area contributed by atoms with Crippen molar-refractivity contribution in [2.75, 3.05) is 26.0 Å². The third-order valence-corrected chi connectivity index (χ3v) is 3.19. The summed E-state index contributed by atoms with van der Waals surface area (Å²) >= 11 is 0. The SMILES string of the molecule is C=C(C)C(=O)OCC(COC(=O)C(=C)C)OCCC(=O)CP(O)O. The van der Waals surface area contributed by atoms with Crippen LogP contribution in [0.25, 0.3) is 0 Å². The molecule has 0 aromatic heterocycles. The lowest BCUT2D eigenvalue weighted by Gasteiger charge is -2.18. The van der Waals surface area contributed by atoms with E-state index < -0.39 is 26.4 Å². The van der Waals surface area contributed by atoms with E-state index in [-0.39, 0.29) is 49.3 Å². The van der Waals surface area contributed by atoms with Crippen molar-refractivity contribution in [2.24, 2.45) is 0 Å². The van der Waals surface area contributed by atoms with Gasteiger partial charge in [-0.15, -0.1) is 0 Å². The van der Waals surface area contributed by atoms with Crippen LogP contribution >= 0.6 is 8.38 Å². The Morgan fingerprint density at radius 2 is 1.46 bits per heavy atom. The minimum absolute atomic E-state index is 0.0398. The molecule has 0 saturated carbocycles. The van der Waals surface area contributed by atoms with Gasteiger partial charge in [-0.1, -0.05) is 13.2 Å². The molecule has 0 unspecified atom stereocenters. The Balaban J connectivity index is 4.42. The fraction of sp³-hybridized carbons (Fsp3) is 0.533. The van der Waals surface area contributed by atoms with Gasteiger partial charge in [0.15, 0.2) is 8.38 Å². The molecule has 9 heteroatoms. The average Bonchev–Trinajstić information content (AvgIpc) is 2.47. The van der Waals surface area contributed by atoms with Gasteiger partial charge in [0.2, 0.25) is 0 Å². The lowest BCUT2D eigenvalue weighted by atomic mass is 10.3. The van der Waals surface area contributed by atoms with Gasteiger partial charge in [-0.2, -0.15) is 0 Å². The van der Waals surface area contributed by atoms with Crippen molar-refractivity contribution >= 4 is 26.1 Å². The van der Waals surface area contributed by atoms with Crippen LogP contribution in [0.4, 0.5) is 0 Å². The quantitative estimate of drug-likeness (QED) is 0.298. The van der Waals surface area contributed by atoms with Gasteiger partial charge in [-0.3, -0.25) is 4.79 Å². The second-order valence-electron chi connectivity index (χ2n) is 5.07. The third-order valence-electron chi connectivity index (χ3n) is 2.55. The van der Waals surface area contributed by atoms with Crippen molar-refractivity contribution < 1.29 is 38.4 Å². The second-order valence-corrected chi connectivity index (χ2v) is 6.13. The number of carbonyl (C=O) groups excluding carboxylic acids is 3. The summed E-state index contributed by atoms with van der Waals surface area (Å²) in [4.78, 5) is 51.7. The number of esters is 2. The molecule has 0 saturated heterocycles. The largest absolute Gasteiger partial charge is 0.459 e. The van der Waals surface area contributed by atoms with E-state index in [9.17, 15) is 14.4 Å². The van der Waals surface area contributed by atoms with E-state index >= 15 is 0 Å². The van der Waals surface area contributed by atoms with E-state index in [2.05, 4.69) is 13.2 Å². The van der Waals surface area contributed by atoms with Crippen LogP contribution in [0.15, 0.2) is 24.3 Å². The Morgan fingerprint density at radius 3 is 1.83 bits per heavy atom. The molecule has 0 aliphatic heterocycles. The van der Waals surface area contributed by atoms with E-state index in [0.29, 0.717) is 0 Å². The number of Topliss-reactive ketones (excluding diaryl/α,β-unsaturated/α-hetero) is 1. The van der Waals surface area contributed by atoms with E-state index in [1.54, 1.807) is 0 Å². The topological polar surface area (TPSA) is 119 Å². The zero-order chi connectivity index (χ0) is 18.7. The highest BCUT2D eigenvalue weighted by atomic mass is 31.2. The molecule has 0 aliphatic rings. The number of carbonyl (C=O) groups is 3. The first-order chi connectivity index (χ1) is 11.1. The number of hydrogen-bond donors (Lipinski definition) is 2. The predicted octanol–water partition coefficient (Wildman–Crippen LogP) is 0.866. The smallest absolute Gasteiger partial charge is 0.333 e. The van der Waals surface area contributed by atoms with Gasteiger partial charge in [0, 0.05) is 17.6 Å². The zero-order valence-corrected chi connectivity index (χ0v) is 14.7. The van der Waals surface area contributed by atoms with Crippen LogP contribution < -0.4 is 0 Å². The molecular formula is C15H23O8P. The van der Waals surface area contributed by atoms with Crippen LogP contribution in [0.5, 0.6) is 0 Å². The lowest BCUT2D eigenvalue weighted by molar-refractivity contribution is -0.151. The summed E-state index contributed by atoms with van der Waals surface area (Å²) in [6, 6.07) is 0. The van der Waals surface area contributed by atoms with Gasteiger partial charge < -0.3 is 24.0 Å². The summed E-state index contributed by atoms with van der Waals surface area (Å²) in [5, 5.41) is 0. The van der Waals surface area contributed by atoms with Crippen molar-refractivity contribution in [2.45, 2.75) is 26.4 Å². The Morgan fingerprint density at radius 1 is 1.00 bits per heavy atom. The highest BCUT2D eigenvalue weighted by Gasteiger charge is 2.17. The summed E-state index contributed by atoms with van der Waals surface area (Å²) in [7, 11) is -2.28. The number of ether oxygens (including phenoxy) is 3. The molecule has 0 radical (unpaired) electrons. The Bertz CT molecular complexity index is 456. The predicted molar refractivity (Wildman–Crippen MR) is 87.1 cm³/mol. The van der Waals surface area contributed by atoms with E-state index in [4.69, 9.17) is 24.0 Å². The van der Waals surface area contributed by atoms with Gasteiger partial charge in [-0.05, 0) is 13.8 Å². The van der Waals surface area contributed by atoms with Gasteiger partial charge >= 0.3 is 11.9 Å². The molecule has 2 N–H and O–H groups in total. The van der Waals surface area contributed by atoms with Gasteiger partial charge in [0.05, 0.1) is 12.8 Å². The molecule has 0 rings (SSSR count). The molecule has 0 atom stereocenters. The van der Waals surface area contributed by atoms with Gasteiger partial charge in [0.25, 0.3) is 0 Å². The highest BCUT2D eigenvalue weighted by molar-refractivity contribution is 7.46. The normalized spacial score (nSPS) is 10.6. The average molecular weight is 362 g/mol. The fourth-order valence-corrected chi connectivity index (χ4v) is 1.78. The fourth-order valence-electron chi connectivity index (χ4n) is 1.30. The Hall–Kier alpha value is -1.60. The van der Waals surface area contributed by atoms with Crippen LogP contribution in [0.3, 0.4) is 0 Å². The molecule has 0 spiro atoms. The molecule has 8 nitrogen and oxygen atoms in total. The molecular weight excluding hydrogens is 339 g/mol. The molecule has 0 aromatic rings. The summed E-state index contributed by atoms with van der Waals surface area (Å²) in [6.07, 6.45) is -1.15. The molecule has 0 amide bonds. The first-order valence-corrected chi connectivity index (χ1v) is 8.50. The summed E-state index contributed by atoms with van der Waals surface area (Å²) in [6.45, 7) is 9.45. The van der Waals surface area contributed by atoms with Crippen LogP contribution in [0, 0.1) is 0 Å². The Kier molecular flexibility index (Phi) is 11.1. The van der Waals surface area contributed by atoms with E-state index in [0.717, 1.165) is 0 Å². The molecule has 0 fully saturated rings. The van der Waals surface area contributed by atoms with Crippen molar-refractivity contribution in [3.63, 3.8) is 0 Å². The third kappa shape index (κ3) is 11.0. The van der Waals surface area contributed by atoms with Crippen molar-refractivity contribution in [1.82, 2.24) is 0 Å². The Labute approximate surface area is 142 Å². The van der Waals surface area contributed by atoms with Crippen LogP contribution in [-0.4, -0.2) is 59.6 Å². The van der Waals surface area contributed by atoms with Crippen LogP contribution in [0.1, 0.15) is 20.3 Å². The maximum atomic E-state index is 11.4. The number of rotatable bonds is 12. The minimum Gasteiger partial charge on any atom is -0.459 e. The van der Waals surface area contributed by atoms with Crippen molar-refractivity contribution in [3.05, 3.63) is 24.3 Å². The van der Waals surface area contributed by atoms with Crippen LogP contribution in [0.2, 0.25) is 0 Å². The monoisotopic (exact) mass is 362 g/mol. The second kappa shape index (κ2) is 11.9. The number of hydrogen-bond acceptors (Lipinski definition) is 8. The first kappa shape index (κ1) is 22.4. The van der Waals surface area contributed by atoms with Gasteiger partial charge in [0.1, 0.15) is 25.1 Å². The molecule has 24 heavy (non-hydrogen) atoms. The maximum absolute atomic E-state index is 11.4. The molecule has 0 bridgehead atoms. The van der Waals surface area contributed by atoms with Crippen molar-refractivity contribution in [3.8, 4) is 0 Å². The molecule has 0 aromatic carbocycles. The summed E-state index contributed by atoms with van der Waals surface area (Å²) in [5.74, 6) is -1.60. The zero-order valence-electron chi connectivity index (χ0n) is 13.8. The summed E-state index contributed by atoms with van der Waals surface area (Å²) < 4.78 is 15.2. The minimum atomic E-state index is -2.28. The van der Waals surface area contributed by atoms with Gasteiger partial charge in [-0.25, -0.2) is 9.59 Å². The van der Waals surface area contributed by atoms with Crippen molar-refractivity contribution in [1.29, 1.82) is 0 Å². The first-order valence-electron chi connectivity index (χ1n) is 7.07. The van der Waals surface area contributed by atoms with Crippen LogP contribution in [-0.2, 0) is 28.6 Å². The highest BCUT2D eigenvalue weighted by Crippen LogP contribution is 2.22. The standard InChI is InChI=1S/C15H23O8P/c1-10(2)14(17)22-7-13(8-23-15(18)11(3)4)21-6-5-12(16)9-24(19)20/h13,19-20H,1,3,5-9H2,2,4H3. The maximum Gasteiger partial charge on any atom is 0.333 e. The molecule has 0 aliphatic carbocycles. The lowest BCUT2D eigenvalue weighted by Crippen LogP contribution is -2.29. The molecule has 0 heterocycles. The summed E-state index contributed by atoms with van der Waals surface area (Å²) in [5.41, 5.74) is 0.421. The molecule has 136 valence electrons.